The van der Waals surface area contributed by atoms with Crippen molar-refractivity contribution < 1.29 is 0 Å². The average Bonchev–Trinajstić information content (AvgIpc) is 2.42. The van der Waals surface area contributed by atoms with Crippen LogP contribution >= 0.6 is 23.2 Å². The second kappa shape index (κ2) is 4.68. The zero-order valence-corrected chi connectivity index (χ0v) is 11.2. The van der Waals surface area contributed by atoms with Gasteiger partial charge in [-0.15, -0.1) is 0 Å². The average molecular weight is 291 g/mol. The van der Waals surface area contributed by atoms with Crippen LogP contribution in [0.3, 0.4) is 0 Å². The summed E-state index contributed by atoms with van der Waals surface area (Å²) in [5.74, 6) is 0.474. The summed E-state index contributed by atoms with van der Waals surface area (Å²) in [5.41, 5.74) is 1.19. The predicted molar refractivity (Wildman–Crippen MR) is 77.8 cm³/mol. The molecule has 94 valence electrons. The van der Waals surface area contributed by atoms with Gasteiger partial charge in [-0.3, -0.25) is 4.79 Å². The highest BCUT2D eigenvalue weighted by Crippen LogP contribution is 2.26. The highest BCUT2D eigenvalue weighted by molar-refractivity contribution is 6.42. The van der Waals surface area contributed by atoms with Gasteiger partial charge in [0.25, 0.3) is 5.56 Å². The van der Waals surface area contributed by atoms with Gasteiger partial charge in [0.2, 0.25) is 0 Å². The second-order valence-electron chi connectivity index (χ2n) is 4.06. The van der Waals surface area contributed by atoms with Crippen molar-refractivity contribution in [1.82, 2.24) is 9.97 Å². The van der Waals surface area contributed by atoms with E-state index in [9.17, 15) is 4.79 Å². The maximum Gasteiger partial charge on any atom is 0.259 e. The molecule has 0 unspecified atom stereocenters. The number of halogens is 2. The molecule has 0 aliphatic heterocycles. The van der Waals surface area contributed by atoms with Crippen LogP contribution < -0.4 is 5.56 Å². The van der Waals surface area contributed by atoms with Crippen molar-refractivity contribution in [1.29, 1.82) is 0 Å². The van der Waals surface area contributed by atoms with E-state index in [2.05, 4.69) is 9.97 Å². The van der Waals surface area contributed by atoms with Crippen LogP contribution in [0.1, 0.15) is 0 Å². The smallest absolute Gasteiger partial charge is 0.259 e. The highest BCUT2D eigenvalue weighted by Gasteiger charge is 2.07. The van der Waals surface area contributed by atoms with Crippen molar-refractivity contribution in [3.8, 4) is 11.4 Å². The molecule has 1 aromatic heterocycles. The zero-order valence-electron chi connectivity index (χ0n) is 9.65. The number of aromatic nitrogens is 2. The SMILES string of the molecule is O=c1[nH]c(-c2ccc(Cl)c(Cl)c2)nc2ccccc12. The lowest BCUT2D eigenvalue weighted by molar-refractivity contribution is 1.18. The van der Waals surface area contributed by atoms with E-state index in [-0.39, 0.29) is 5.56 Å². The lowest BCUT2D eigenvalue weighted by Gasteiger charge is -2.04. The van der Waals surface area contributed by atoms with Gasteiger partial charge in [0, 0.05) is 5.56 Å². The van der Waals surface area contributed by atoms with Gasteiger partial charge in [-0.05, 0) is 30.3 Å². The summed E-state index contributed by atoms with van der Waals surface area (Å²) in [6, 6.07) is 12.3. The molecule has 0 spiro atoms. The molecule has 1 heterocycles. The van der Waals surface area contributed by atoms with Crippen LogP contribution in [0, 0.1) is 0 Å². The van der Waals surface area contributed by atoms with Gasteiger partial charge in [-0.25, -0.2) is 4.98 Å². The van der Waals surface area contributed by atoms with Gasteiger partial charge in [0.1, 0.15) is 5.82 Å². The van der Waals surface area contributed by atoms with Crippen molar-refractivity contribution >= 4 is 34.1 Å². The minimum absolute atomic E-state index is 0.174. The molecule has 3 nitrogen and oxygen atoms in total. The van der Waals surface area contributed by atoms with Crippen LogP contribution in [-0.4, -0.2) is 9.97 Å². The molecule has 0 saturated heterocycles. The van der Waals surface area contributed by atoms with Crippen LogP contribution in [0.25, 0.3) is 22.3 Å². The molecule has 3 aromatic rings. The number of aromatic amines is 1. The fourth-order valence-corrected chi connectivity index (χ4v) is 2.16. The van der Waals surface area contributed by atoms with Gasteiger partial charge in [-0.2, -0.15) is 0 Å². The topological polar surface area (TPSA) is 45.8 Å². The Kier molecular flexibility index (Phi) is 3.01. The molecule has 0 aliphatic carbocycles. The molecule has 19 heavy (non-hydrogen) atoms. The van der Waals surface area contributed by atoms with E-state index in [0.29, 0.717) is 26.8 Å². The number of hydrogen-bond acceptors (Lipinski definition) is 2. The summed E-state index contributed by atoms with van der Waals surface area (Å²) in [6.07, 6.45) is 0. The first-order valence-corrected chi connectivity index (χ1v) is 6.35. The molecule has 1 N–H and O–H groups in total. The van der Waals surface area contributed by atoms with E-state index in [1.165, 1.54) is 0 Å². The number of benzene rings is 2. The van der Waals surface area contributed by atoms with E-state index in [1.807, 2.05) is 6.07 Å². The molecular weight excluding hydrogens is 283 g/mol. The Bertz CT molecular complexity index is 827. The minimum atomic E-state index is -0.174. The van der Waals surface area contributed by atoms with Gasteiger partial charge >= 0.3 is 0 Å². The quantitative estimate of drug-likeness (QED) is 0.739. The van der Waals surface area contributed by atoms with Crippen LogP contribution in [0.4, 0.5) is 0 Å². The van der Waals surface area contributed by atoms with Crippen molar-refractivity contribution in [2.75, 3.05) is 0 Å². The van der Waals surface area contributed by atoms with Gasteiger partial charge in [0.15, 0.2) is 0 Å². The van der Waals surface area contributed by atoms with Crippen molar-refractivity contribution in [3.05, 3.63) is 62.9 Å². The molecule has 0 fully saturated rings. The predicted octanol–water partition coefficient (Wildman–Crippen LogP) is 3.90. The van der Waals surface area contributed by atoms with Crippen LogP contribution in [0.5, 0.6) is 0 Å². The first-order valence-electron chi connectivity index (χ1n) is 5.59. The monoisotopic (exact) mass is 290 g/mol. The molecule has 3 rings (SSSR count). The summed E-state index contributed by atoms with van der Waals surface area (Å²) in [7, 11) is 0. The number of H-pyrrole nitrogens is 1. The van der Waals surface area contributed by atoms with Crippen molar-refractivity contribution in [3.63, 3.8) is 0 Å². The number of fused-ring (bicyclic) bond motifs is 1. The summed E-state index contributed by atoms with van der Waals surface area (Å²) in [6.45, 7) is 0. The van der Waals surface area contributed by atoms with Gasteiger partial charge in [-0.1, -0.05) is 35.3 Å². The normalized spacial score (nSPS) is 10.8. The molecular formula is C14H8Cl2N2O. The molecule has 0 amide bonds. The Morgan fingerprint density at radius 3 is 2.58 bits per heavy atom. The Labute approximate surface area is 118 Å². The molecule has 0 radical (unpaired) electrons. The number of nitrogens with zero attached hydrogens (tertiary/aromatic N) is 1. The largest absolute Gasteiger partial charge is 0.306 e. The van der Waals surface area contributed by atoms with E-state index in [4.69, 9.17) is 23.2 Å². The van der Waals surface area contributed by atoms with Crippen LogP contribution in [0.15, 0.2) is 47.3 Å². The maximum atomic E-state index is 12.0. The molecule has 0 atom stereocenters. The lowest BCUT2D eigenvalue weighted by Crippen LogP contribution is -2.09. The van der Waals surface area contributed by atoms with Crippen LogP contribution in [0.2, 0.25) is 10.0 Å². The molecule has 2 aromatic carbocycles. The maximum absolute atomic E-state index is 12.0. The molecule has 0 bridgehead atoms. The number of nitrogens with one attached hydrogen (secondary N) is 1. The van der Waals surface area contributed by atoms with Crippen molar-refractivity contribution in [2.24, 2.45) is 0 Å². The third-order valence-corrected chi connectivity index (χ3v) is 3.54. The Morgan fingerprint density at radius 2 is 1.79 bits per heavy atom. The fraction of sp³-hybridized carbons (Fsp3) is 0. The van der Waals surface area contributed by atoms with E-state index in [0.717, 1.165) is 5.56 Å². The lowest BCUT2D eigenvalue weighted by atomic mass is 10.2. The Balaban J connectivity index is 2.25. The summed E-state index contributed by atoms with van der Waals surface area (Å²) in [5, 5.41) is 1.45. The number of rotatable bonds is 1. The molecule has 5 heteroatoms. The standard InChI is InChI=1S/C14H8Cl2N2O/c15-10-6-5-8(7-11(10)16)13-17-12-4-2-1-3-9(12)14(19)18-13/h1-7H,(H,17,18,19). The summed E-state index contributed by atoms with van der Waals surface area (Å²) in [4.78, 5) is 19.1. The van der Waals surface area contributed by atoms with E-state index < -0.39 is 0 Å². The Hall–Kier alpha value is -1.84. The van der Waals surface area contributed by atoms with Gasteiger partial charge < -0.3 is 4.98 Å². The second-order valence-corrected chi connectivity index (χ2v) is 4.87. The number of hydrogen-bond donors (Lipinski definition) is 1. The van der Waals surface area contributed by atoms with E-state index >= 15 is 0 Å². The third-order valence-electron chi connectivity index (χ3n) is 2.81. The molecule has 0 saturated carbocycles. The Morgan fingerprint density at radius 1 is 1.00 bits per heavy atom. The van der Waals surface area contributed by atoms with Crippen LogP contribution in [-0.2, 0) is 0 Å². The zero-order chi connectivity index (χ0) is 13.4. The van der Waals surface area contributed by atoms with E-state index in [1.54, 1.807) is 36.4 Å². The molecule has 0 aliphatic rings. The summed E-state index contributed by atoms with van der Waals surface area (Å²) >= 11 is 11.8. The summed E-state index contributed by atoms with van der Waals surface area (Å²) < 4.78 is 0. The minimum Gasteiger partial charge on any atom is -0.306 e. The number of para-hydroxylation sites is 1. The van der Waals surface area contributed by atoms with Gasteiger partial charge in [0.05, 0.1) is 20.9 Å². The third kappa shape index (κ3) is 2.23. The first kappa shape index (κ1) is 12.2. The fourth-order valence-electron chi connectivity index (χ4n) is 1.87. The first-order chi connectivity index (χ1) is 9.15. The van der Waals surface area contributed by atoms with Crippen molar-refractivity contribution in [2.45, 2.75) is 0 Å². The highest BCUT2D eigenvalue weighted by atomic mass is 35.5.